The molecule has 0 fully saturated rings. The Balaban J connectivity index is 2.23. The molecule has 0 aromatic heterocycles. The zero-order valence-corrected chi connectivity index (χ0v) is 9.71. The van der Waals surface area contributed by atoms with Gasteiger partial charge in [-0.3, -0.25) is 0 Å². The molecule has 2 rings (SSSR count). The minimum absolute atomic E-state index is 0.733. The second-order valence-electron chi connectivity index (χ2n) is 4.61. The molecule has 15 heavy (non-hydrogen) atoms. The average Bonchev–Trinajstić information content (AvgIpc) is 2.27. The van der Waals surface area contributed by atoms with Crippen molar-refractivity contribution in [1.82, 2.24) is 0 Å². The van der Waals surface area contributed by atoms with Gasteiger partial charge in [-0.25, -0.2) is 0 Å². The van der Waals surface area contributed by atoms with Gasteiger partial charge in [-0.2, -0.15) is 0 Å². The Hall–Kier alpha value is -1.18. The minimum atomic E-state index is 0.733. The molecule has 0 bridgehead atoms. The van der Waals surface area contributed by atoms with Crippen LogP contribution >= 0.6 is 0 Å². The number of benzene rings is 1. The molecular formula is C13H19NO. The molecule has 1 aromatic rings. The number of ether oxygens (including phenoxy) is 1. The van der Waals surface area contributed by atoms with Crippen LogP contribution in [0.4, 0.5) is 5.69 Å². The molecule has 82 valence electrons. The molecule has 2 heteroatoms. The van der Waals surface area contributed by atoms with E-state index < -0.39 is 0 Å². The predicted molar refractivity (Wildman–Crippen MR) is 63.5 cm³/mol. The lowest BCUT2D eigenvalue weighted by atomic mass is 9.86. The Bertz CT molecular complexity index is 346. The van der Waals surface area contributed by atoms with Crippen LogP contribution in [0.5, 0.6) is 5.75 Å². The van der Waals surface area contributed by atoms with Crippen molar-refractivity contribution in [2.45, 2.75) is 20.3 Å². The van der Waals surface area contributed by atoms with Crippen molar-refractivity contribution in [3.05, 3.63) is 23.8 Å². The molecule has 1 heterocycles. The van der Waals surface area contributed by atoms with E-state index in [2.05, 4.69) is 31.3 Å². The van der Waals surface area contributed by atoms with Crippen LogP contribution in [0.2, 0.25) is 0 Å². The van der Waals surface area contributed by atoms with E-state index in [9.17, 15) is 0 Å². The molecule has 0 amide bonds. The van der Waals surface area contributed by atoms with Crippen molar-refractivity contribution in [3.8, 4) is 5.75 Å². The lowest BCUT2D eigenvalue weighted by molar-refractivity contribution is 0.389. The van der Waals surface area contributed by atoms with E-state index in [0.717, 1.165) is 30.6 Å². The molecule has 0 aliphatic carbocycles. The Morgan fingerprint density at radius 2 is 2.20 bits per heavy atom. The first-order chi connectivity index (χ1) is 7.20. The Kier molecular flexibility index (Phi) is 2.85. The maximum atomic E-state index is 5.25. The highest BCUT2D eigenvalue weighted by atomic mass is 16.5. The quantitative estimate of drug-likeness (QED) is 0.801. The van der Waals surface area contributed by atoms with Gasteiger partial charge < -0.3 is 10.1 Å². The van der Waals surface area contributed by atoms with Crippen molar-refractivity contribution < 1.29 is 4.74 Å². The van der Waals surface area contributed by atoms with Crippen LogP contribution in [-0.4, -0.2) is 13.7 Å². The lowest BCUT2D eigenvalue weighted by Gasteiger charge is -2.29. The van der Waals surface area contributed by atoms with Gasteiger partial charge in [0.05, 0.1) is 7.11 Å². The van der Waals surface area contributed by atoms with E-state index in [1.807, 2.05) is 6.07 Å². The average molecular weight is 205 g/mol. The van der Waals surface area contributed by atoms with Crippen LogP contribution < -0.4 is 10.1 Å². The molecule has 1 aliphatic rings. The molecule has 0 unspecified atom stereocenters. The molecule has 1 aromatic carbocycles. The molecular weight excluding hydrogens is 186 g/mol. The first kappa shape index (κ1) is 10.3. The summed E-state index contributed by atoms with van der Waals surface area (Å²) in [6.07, 6.45) is 1.16. The highest BCUT2D eigenvalue weighted by molar-refractivity contribution is 5.56. The standard InChI is InChI=1S/C13H19NO/c1-9(2)11-6-10-7-12(15-3)4-5-13(10)14-8-11/h4-5,7,9,11,14H,6,8H2,1-3H3/t11-/m1/s1. The van der Waals surface area contributed by atoms with E-state index in [1.165, 1.54) is 11.3 Å². The summed E-state index contributed by atoms with van der Waals surface area (Å²) in [7, 11) is 1.72. The van der Waals surface area contributed by atoms with Crippen LogP contribution in [0.15, 0.2) is 18.2 Å². The molecule has 0 spiro atoms. The molecule has 2 nitrogen and oxygen atoms in total. The molecule has 0 radical (unpaired) electrons. The summed E-state index contributed by atoms with van der Waals surface area (Å²) in [4.78, 5) is 0. The highest BCUT2D eigenvalue weighted by Gasteiger charge is 2.20. The molecule has 0 saturated carbocycles. The van der Waals surface area contributed by atoms with Gasteiger partial charge in [0.15, 0.2) is 0 Å². The first-order valence-electron chi connectivity index (χ1n) is 5.61. The monoisotopic (exact) mass is 205 g/mol. The summed E-state index contributed by atoms with van der Waals surface area (Å²) < 4.78 is 5.25. The number of methoxy groups -OCH3 is 1. The zero-order valence-electron chi connectivity index (χ0n) is 9.71. The summed E-state index contributed by atoms with van der Waals surface area (Å²) >= 11 is 0. The Morgan fingerprint density at radius 1 is 1.40 bits per heavy atom. The van der Waals surface area contributed by atoms with E-state index in [1.54, 1.807) is 7.11 Å². The van der Waals surface area contributed by atoms with Gasteiger partial charge in [0.2, 0.25) is 0 Å². The number of anilines is 1. The number of nitrogens with one attached hydrogen (secondary N) is 1. The second kappa shape index (κ2) is 4.13. The third-order valence-corrected chi connectivity index (χ3v) is 3.29. The molecule has 1 aliphatic heterocycles. The molecule has 1 atom stereocenters. The van der Waals surface area contributed by atoms with E-state index in [0.29, 0.717) is 0 Å². The van der Waals surface area contributed by atoms with Crippen molar-refractivity contribution in [3.63, 3.8) is 0 Å². The maximum Gasteiger partial charge on any atom is 0.119 e. The van der Waals surface area contributed by atoms with Gasteiger partial charge >= 0.3 is 0 Å². The number of hydrogen-bond donors (Lipinski definition) is 1. The van der Waals surface area contributed by atoms with Gasteiger partial charge in [-0.1, -0.05) is 13.8 Å². The van der Waals surface area contributed by atoms with Gasteiger partial charge in [0.25, 0.3) is 0 Å². The maximum absolute atomic E-state index is 5.25. The summed E-state index contributed by atoms with van der Waals surface area (Å²) in [5.74, 6) is 2.43. The van der Waals surface area contributed by atoms with Crippen LogP contribution in [0.1, 0.15) is 19.4 Å². The lowest BCUT2D eigenvalue weighted by Crippen LogP contribution is -2.26. The van der Waals surface area contributed by atoms with E-state index in [4.69, 9.17) is 4.74 Å². The number of fused-ring (bicyclic) bond motifs is 1. The van der Waals surface area contributed by atoms with Crippen molar-refractivity contribution >= 4 is 5.69 Å². The molecule has 1 N–H and O–H groups in total. The first-order valence-corrected chi connectivity index (χ1v) is 5.61. The Labute approximate surface area is 91.6 Å². The fourth-order valence-corrected chi connectivity index (χ4v) is 2.11. The zero-order chi connectivity index (χ0) is 10.8. The van der Waals surface area contributed by atoms with Gasteiger partial charge in [-0.15, -0.1) is 0 Å². The van der Waals surface area contributed by atoms with Gasteiger partial charge in [0, 0.05) is 12.2 Å². The van der Waals surface area contributed by atoms with E-state index >= 15 is 0 Å². The van der Waals surface area contributed by atoms with Crippen LogP contribution in [-0.2, 0) is 6.42 Å². The smallest absolute Gasteiger partial charge is 0.119 e. The van der Waals surface area contributed by atoms with E-state index in [-0.39, 0.29) is 0 Å². The van der Waals surface area contributed by atoms with Gasteiger partial charge in [0.1, 0.15) is 5.75 Å². The Morgan fingerprint density at radius 3 is 2.87 bits per heavy atom. The highest BCUT2D eigenvalue weighted by Crippen LogP contribution is 2.30. The van der Waals surface area contributed by atoms with Crippen molar-refractivity contribution in [2.24, 2.45) is 11.8 Å². The van der Waals surface area contributed by atoms with Crippen LogP contribution in [0.25, 0.3) is 0 Å². The fraction of sp³-hybridized carbons (Fsp3) is 0.538. The third kappa shape index (κ3) is 2.09. The van der Waals surface area contributed by atoms with Crippen molar-refractivity contribution in [2.75, 3.05) is 19.0 Å². The van der Waals surface area contributed by atoms with Crippen molar-refractivity contribution in [1.29, 1.82) is 0 Å². The summed E-state index contributed by atoms with van der Waals surface area (Å²) in [5, 5.41) is 3.49. The fourth-order valence-electron chi connectivity index (χ4n) is 2.11. The number of rotatable bonds is 2. The normalized spacial score (nSPS) is 19.6. The number of hydrogen-bond acceptors (Lipinski definition) is 2. The summed E-state index contributed by atoms with van der Waals surface area (Å²) in [5.41, 5.74) is 2.66. The minimum Gasteiger partial charge on any atom is -0.497 e. The molecule has 0 saturated heterocycles. The third-order valence-electron chi connectivity index (χ3n) is 3.29. The summed E-state index contributed by atoms with van der Waals surface area (Å²) in [6.45, 7) is 5.67. The topological polar surface area (TPSA) is 21.3 Å². The summed E-state index contributed by atoms with van der Waals surface area (Å²) in [6, 6.07) is 6.28. The SMILES string of the molecule is COc1ccc2c(c1)C[C@@H](C(C)C)CN2. The van der Waals surface area contributed by atoms with Crippen LogP contribution in [0, 0.1) is 11.8 Å². The van der Waals surface area contributed by atoms with Gasteiger partial charge in [-0.05, 0) is 42.0 Å². The van der Waals surface area contributed by atoms with Crippen LogP contribution in [0.3, 0.4) is 0 Å². The predicted octanol–water partition coefficient (Wildman–Crippen LogP) is 2.94. The second-order valence-corrected chi connectivity index (χ2v) is 4.61. The largest absolute Gasteiger partial charge is 0.497 e.